The van der Waals surface area contributed by atoms with Crippen molar-refractivity contribution in [1.29, 1.82) is 0 Å². The van der Waals surface area contributed by atoms with Crippen molar-refractivity contribution in [3.63, 3.8) is 0 Å². The first-order valence-corrected chi connectivity index (χ1v) is 7.19. The van der Waals surface area contributed by atoms with Crippen molar-refractivity contribution in [3.8, 4) is 0 Å². The van der Waals surface area contributed by atoms with Crippen LogP contribution in [-0.2, 0) is 0 Å². The van der Waals surface area contributed by atoms with Crippen molar-refractivity contribution in [3.05, 3.63) is 77.6 Å². The molecule has 3 aromatic rings. The van der Waals surface area contributed by atoms with E-state index in [-0.39, 0.29) is 17.7 Å². The molecular weight excluding hydrogens is 298 g/mol. The molecule has 23 heavy (non-hydrogen) atoms. The van der Waals surface area contributed by atoms with E-state index in [9.17, 15) is 8.78 Å². The van der Waals surface area contributed by atoms with E-state index >= 15 is 0 Å². The van der Waals surface area contributed by atoms with Gasteiger partial charge in [-0.3, -0.25) is 4.57 Å². The Labute approximate surface area is 131 Å². The van der Waals surface area contributed by atoms with Crippen molar-refractivity contribution in [2.75, 3.05) is 0 Å². The zero-order valence-corrected chi connectivity index (χ0v) is 12.0. The maximum absolute atomic E-state index is 13.2. The summed E-state index contributed by atoms with van der Waals surface area (Å²) in [4.78, 5) is 4.51. The number of aliphatic imine (C=N–C) groups is 1. The molecule has 4 rings (SSSR count). The van der Waals surface area contributed by atoms with Crippen LogP contribution in [0.25, 0.3) is 0 Å². The third kappa shape index (κ3) is 2.52. The van der Waals surface area contributed by atoms with Gasteiger partial charge in [0, 0.05) is 6.42 Å². The van der Waals surface area contributed by atoms with Gasteiger partial charge in [-0.2, -0.15) is 0 Å². The Hall–Kier alpha value is -2.89. The SMILES string of the molecule is Fc1ccc(C2=Nc3nncn3C(c3ccc(F)cc3)C2)cc1. The van der Waals surface area contributed by atoms with Gasteiger partial charge in [0.2, 0.25) is 0 Å². The largest absolute Gasteiger partial charge is 0.290 e. The molecule has 1 atom stereocenters. The number of halogens is 2. The Bertz CT molecular complexity index is 866. The van der Waals surface area contributed by atoms with E-state index in [4.69, 9.17) is 0 Å². The first-order chi connectivity index (χ1) is 11.2. The van der Waals surface area contributed by atoms with E-state index in [2.05, 4.69) is 15.2 Å². The molecule has 0 N–H and O–H groups in total. The lowest BCUT2D eigenvalue weighted by Crippen LogP contribution is -2.19. The van der Waals surface area contributed by atoms with E-state index in [1.54, 1.807) is 30.6 Å². The number of rotatable bonds is 2. The molecule has 1 aromatic heterocycles. The van der Waals surface area contributed by atoms with Gasteiger partial charge in [-0.1, -0.05) is 24.3 Å². The van der Waals surface area contributed by atoms with E-state index in [0.29, 0.717) is 12.4 Å². The van der Waals surface area contributed by atoms with Crippen LogP contribution in [0.5, 0.6) is 0 Å². The molecule has 0 aliphatic carbocycles. The molecule has 1 aliphatic rings. The van der Waals surface area contributed by atoms with Gasteiger partial charge in [0.15, 0.2) is 0 Å². The minimum absolute atomic E-state index is 0.0712. The van der Waals surface area contributed by atoms with Crippen LogP contribution in [0.15, 0.2) is 59.9 Å². The van der Waals surface area contributed by atoms with E-state index < -0.39 is 0 Å². The van der Waals surface area contributed by atoms with Gasteiger partial charge in [-0.05, 0) is 35.4 Å². The first-order valence-electron chi connectivity index (χ1n) is 7.19. The van der Waals surface area contributed by atoms with Gasteiger partial charge in [0.25, 0.3) is 5.95 Å². The molecule has 114 valence electrons. The third-order valence-corrected chi connectivity index (χ3v) is 3.94. The van der Waals surface area contributed by atoms with Crippen LogP contribution in [0.3, 0.4) is 0 Å². The number of benzene rings is 2. The van der Waals surface area contributed by atoms with Crippen LogP contribution in [0.4, 0.5) is 14.7 Å². The van der Waals surface area contributed by atoms with Crippen LogP contribution in [0.1, 0.15) is 23.6 Å². The third-order valence-electron chi connectivity index (χ3n) is 3.94. The molecule has 0 amide bonds. The molecule has 0 fully saturated rings. The Morgan fingerprint density at radius 1 is 0.913 bits per heavy atom. The summed E-state index contributed by atoms with van der Waals surface area (Å²) in [5.74, 6) is -0.0747. The van der Waals surface area contributed by atoms with E-state index in [1.165, 1.54) is 24.3 Å². The van der Waals surface area contributed by atoms with Crippen LogP contribution in [0, 0.1) is 11.6 Å². The smallest absolute Gasteiger partial charge is 0.251 e. The Kier molecular flexibility index (Phi) is 3.22. The second kappa shape index (κ2) is 5.39. The van der Waals surface area contributed by atoms with E-state index in [0.717, 1.165) is 16.8 Å². The molecule has 0 bridgehead atoms. The molecule has 4 nitrogen and oxygen atoms in total. The molecule has 0 saturated heterocycles. The number of hydrogen-bond donors (Lipinski definition) is 0. The van der Waals surface area contributed by atoms with Crippen LogP contribution >= 0.6 is 0 Å². The molecule has 6 heteroatoms. The van der Waals surface area contributed by atoms with Crippen molar-refractivity contribution in [1.82, 2.24) is 14.8 Å². The highest BCUT2D eigenvalue weighted by molar-refractivity contribution is 6.02. The van der Waals surface area contributed by atoms with Crippen molar-refractivity contribution < 1.29 is 8.78 Å². The summed E-state index contributed by atoms with van der Waals surface area (Å²) in [7, 11) is 0. The lowest BCUT2D eigenvalue weighted by atomic mass is 9.96. The summed E-state index contributed by atoms with van der Waals surface area (Å²) < 4.78 is 28.2. The average Bonchev–Trinajstić information content (AvgIpc) is 3.04. The second-order valence-corrected chi connectivity index (χ2v) is 5.38. The summed E-state index contributed by atoms with van der Waals surface area (Å²) in [5.41, 5.74) is 2.59. The molecular formula is C17H12F2N4. The Balaban J connectivity index is 1.77. The number of hydrogen-bond acceptors (Lipinski definition) is 3. The Morgan fingerprint density at radius 2 is 1.57 bits per heavy atom. The lowest BCUT2D eigenvalue weighted by molar-refractivity contribution is 0.587. The summed E-state index contributed by atoms with van der Waals surface area (Å²) in [6.45, 7) is 0. The summed E-state index contributed by atoms with van der Waals surface area (Å²) in [6, 6.07) is 12.5. The zero-order valence-electron chi connectivity index (χ0n) is 12.0. The average molecular weight is 310 g/mol. The fraction of sp³-hybridized carbons (Fsp3) is 0.118. The van der Waals surface area contributed by atoms with Gasteiger partial charge >= 0.3 is 0 Å². The molecule has 0 saturated carbocycles. The standard InChI is InChI=1S/C17H12F2N4/c18-13-5-1-11(2-6-13)15-9-16(12-3-7-14(19)8-4-12)23-10-20-22-17(23)21-15/h1-8,10,16H,9H2. The number of nitrogens with zero attached hydrogens (tertiary/aromatic N) is 4. The number of fused-ring (bicyclic) bond motifs is 1. The minimum Gasteiger partial charge on any atom is -0.290 e. The molecule has 2 heterocycles. The maximum atomic E-state index is 13.2. The van der Waals surface area contributed by atoms with Crippen LogP contribution in [0.2, 0.25) is 0 Å². The van der Waals surface area contributed by atoms with Gasteiger partial charge in [0.1, 0.15) is 18.0 Å². The fourth-order valence-corrected chi connectivity index (χ4v) is 2.77. The quantitative estimate of drug-likeness (QED) is 0.725. The van der Waals surface area contributed by atoms with Gasteiger partial charge in [0.05, 0.1) is 11.8 Å². The van der Waals surface area contributed by atoms with Crippen molar-refractivity contribution >= 4 is 11.7 Å². The normalized spacial score (nSPS) is 16.8. The van der Waals surface area contributed by atoms with Crippen LogP contribution < -0.4 is 0 Å². The van der Waals surface area contributed by atoms with Crippen molar-refractivity contribution in [2.24, 2.45) is 4.99 Å². The summed E-state index contributed by atoms with van der Waals surface area (Å²) in [6.07, 6.45) is 2.22. The predicted octanol–water partition coefficient (Wildman–Crippen LogP) is 3.67. The van der Waals surface area contributed by atoms with Gasteiger partial charge in [-0.15, -0.1) is 10.2 Å². The summed E-state index contributed by atoms with van der Waals surface area (Å²) in [5, 5.41) is 7.93. The Morgan fingerprint density at radius 3 is 2.26 bits per heavy atom. The second-order valence-electron chi connectivity index (χ2n) is 5.38. The zero-order chi connectivity index (χ0) is 15.8. The number of aromatic nitrogens is 3. The highest BCUT2D eigenvalue weighted by Gasteiger charge is 2.25. The molecule has 0 spiro atoms. The highest BCUT2D eigenvalue weighted by atomic mass is 19.1. The highest BCUT2D eigenvalue weighted by Crippen LogP contribution is 2.32. The van der Waals surface area contributed by atoms with Crippen LogP contribution in [-0.4, -0.2) is 20.5 Å². The maximum Gasteiger partial charge on any atom is 0.251 e. The molecule has 1 aliphatic heterocycles. The predicted molar refractivity (Wildman–Crippen MR) is 81.8 cm³/mol. The molecule has 2 aromatic carbocycles. The first kappa shape index (κ1) is 13.8. The van der Waals surface area contributed by atoms with E-state index in [1.807, 2.05) is 4.57 Å². The minimum atomic E-state index is -0.289. The molecule has 0 radical (unpaired) electrons. The van der Waals surface area contributed by atoms with Crippen molar-refractivity contribution in [2.45, 2.75) is 12.5 Å². The van der Waals surface area contributed by atoms with Gasteiger partial charge in [-0.25, -0.2) is 13.8 Å². The lowest BCUT2D eigenvalue weighted by Gasteiger charge is -2.24. The summed E-state index contributed by atoms with van der Waals surface area (Å²) >= 11 is 0. The topological polar surface area (TPSA) is 43.1 Å². The monoisotopic (exact) mass is 310 g/mol. The fourth-order valence-electron chi connectivity index (χ4n) is 2.77. The van der Waals surface area contributed by atoms with Gasteiger partial charge < -0.3 is 0 Å². The molecule has 1 unspecified atom stereocenters.